The van der Waals surface area contributed by atoms with Crippen LogP contribution < -0.4 is 0 Å². The summed E-state index contributed by atoms with van der Waals surface area (Å²) in [4.78, 5) is 30.0. The maximum Gasteiger partial charge on any atom is 0.312 e. The van der Waals surface area contributed by atoms with E-state index in [9.17, 15) is 14.7 Å². The van der Waals surface area contributed by atoms with E-state index >= 15 is 0 Å². The van der Waals surface area contributed by atoms with Crippen LogP contribution in [0.1, 0.15) is 29.4 Å². The molecule has 4 rings (SSSR count). The van der Waals surface area contributed by atoms with E-state index in [-0.39, 0.29) is 25.3 Å². The number of carboxylic acid groups (broad SMARTS) is 1. The van der Waals surface area contributed by atoms with Crippen molar-refractivity contribution in [1.29, 1.82) is 0 Å². The average molecular weight is 367 g/mol. The van der Waals surface area contributed by atoms with Gasteiger partial charge in [-0.1, -0.05) is 29.4 Å². The van der Waals surface area contributed by atoms with E-state index < -0.39 is 11.9 Å². The minimum Gasteiger partial charge on any atom is -0.481 e. The molecule has 138 valence electrons. The van der Waals surface area contributed by atoms with Crippen LogP contribution >= 0.6 is 0 Å². The van der Waals surface area contributed by atoms with Gasteiger partial charge in [-0.15, -0.1) is 0 Å². The van der Waals surface area contributed by atoms with E-state index in [0.717, 1.165) is 11.1 Å². The lowest BCUT2D eigenvalue weighted by molar-refractivity contribution is -0.141. The average Bonchev–Trinajstić information content (AvgIpc) is 3.36. The highest BCUT2D eigenvalue weighted by molar-refractivity contribution is 5.81. The van der Waals surface area contributed by atoms with Gasteiger partial charge in [-0.05, 0) is 23.3 Å². The number of carbonyl (C=O) groups is 2. The summed E-state index contributed by atoms with van der Waals surface area (Å²) in [5, 5.41) is 13.3. The second-order valence-electron chi connectivity index (χ2n) is 6.35. The van der Waals surface area contributed by atoms with Gasteiger partial charge >= 0.3 is 5.97 Å². The molecule has 3 heterocycles. The SMILES string of the molecule is O=C(O)C1CN(C(=O)CCc2nc(-c3ccco3)no2)Cc2ccccc21. The fraction of sp³-hybridized carbons (Fsp3) is 0.263. The third-order valence-electron chi connectivity index (χ3n) is 4.61. The van der Waals surface area contributed by atoms with Gasteiger partial charge in [-0.25, -0.2) is 0 Å². The summed E-state index contributed by atoms with van der Waals surface area (Å²) in [6.45, 7) is 0.562. The van der Waals surface area contributed by atoms with E-state index in [1.807, 2.05) is 24.3 Å². The minimum atomic E-state index is -0.931. The number of rotatable bonds is 5. The third-order valence-corrected chi connectivity index (χ3v) is 4.61. The number of hydrogen-bond donors (Lipinski definition) is 1. The molecular weight excluding hydrogens is 350 g/mol. The molecule has 0 aliphatic carbocycles. The maximum atomic E-state index is 12.6. The van der Waals surface area contributed by atoms with Crippen LogP contribution in [0.3, 0.4) is 0 Å². The summed E-state index contributed by atoms with van der Waals surface area (Å²) in [6, 6.07) is 10.8. The van der Waals surface area contributed by atoms with Crippen LogP contribution in [0.25, 0.3) is 11.6 Å². The number of nitrogens with zero attached hydrogens (tertiary/aromatic N) is 3. The van der Waals surface area contributed by atoms with Crippen molar-refractivity contribution in [2.75, 3.05) is 6.54 Å². The quantitative estimate of drug-likeness (QED) is 0.737. The smallest absolute Gasteiger partial charge is 0.312 e. The standard InChI is InChI=1S/C19H17N3O5/c23-17(8-7-16-20-18(21-27-16)15-6-3-9-26-15)22-10-12-4-1-2-5-13(12)14(11-22)19(24)25/h1-6,9,14H,7-8,10-11H2,(H,24,25). The van der Waals surface area contributed by atoms with Crippen molar-refractivity contribution in [2.24, 2.45) is 0 Å². The molecule has 0 radical (unpaired) electrons. The molecule has 0 saturated carbocycles. The summed E-state index contributed by atoms with van der Waals surface area (Å²) in [6.07, 6.45) is 1.96. The Morgan fingerprint density at radius 1 is 1.22 bits per heavy atom. The molecule has 1 N–H and O–H groups in total. The molecule has 8 heteroatoms. The van der Waals surface area contributed by atoms with E-state index in [4.69, 9.17) is 8.94 Å². The molecule has 0 spiro atoms. The van der Waals surface area contributed by atoms with Gasteiger partial charge in [0.15, 0.2) is 5.76 Å². The lowest BCUT2D eigenvalue weighted by atomic mass is 9.89. The minimum absolute atomic E-state index is 0.145. The van der Waals surface area contributed by atoms with Gasteiger partial charge in [-0.2, -0.15) is 4.98 Å². The Morgan fingerprint density at radius 2 is 2.07 bits per heavy atom. The monoisotopic (exact) mass is 367 g/mol. The van der Waals surface area contributed by atoms with Crippen LogP contribution in [0.15, 0.2) is 51.6 Å². The second-order valence-corrected chi connectivity index (χ2v) is 6.35. The predicted octanol–water partition coefficient (Wildman–Crippen LogP) is 2.47. The number of amides is 1. The van der Waals surface area contributed by atoms with E-state index in [0.29, 0.717) is 24.0 Å². The highest BCUT2D eigenvalue weighted by Crippen LogP contribution is 2.29. The summed E-state index contributed by atoms with van der Waals surface area (Å²) >= 11 is 0. The summed E-state index contributed by atoms with van der Waals surface area (Å²) in [7, 11) is 0. The number of carbonyl (C=O) groups excluding carboxylic acids is 1. The van der Waals surface area contributed by atoms with E-state index in [2.05, 4.69) is 10.1 Å². The lowest BCUT2D eigenvalue weighted by Crippen LogP contribution is -2.40. The van der Waals surface area contributed by atoms with Crippen LogP contribution in [0, 0.1) is 0 Å². The molecule has 1 amide bonds. The van der Waals surface area contributed by atoms with Gasteiger partial charge < -0.3 is 18.9 Å². The van der Waals surface area contributed by atoms with Crippen molar-refractivity contribution >= 4 is 11.9 Å². The number of carboxylic acids is 1. The zero-order valence-electron chi connectivity index (χ0n) is 14.4. The summed E-state index contributed by atoms with van der Waals surface area (Å²) in [5.41, 5.74) is 1.64. The Labute approximate surface area is 154 Å². The van der Waals surface area contributed by atoms with Gasteiger partial charge in [0.25, 0.3) is 0 Å². The summed E-state index contributed by atoms with van der Waals surface area (Å²) in [5.74, 6) is -0.628. The number of aromatic nitrogens is 2. The molecule has 2 aromatic heterocycles. The molecule has 1 atom stereocenters. The van der Waals surface area contributed by atoms with Crippen molar-refractivity contribution in [1.82, 2.24) is 15.0 Å². The van der Waals surface area contributed by atoms with E-state index in [1.54, 1.807) is 17.0 Å². The number of benzene rings is 1. The first kappa shape index (κ1) is 17.0. The largest absolute Gasteiger partial charge is 0.481 e. The first-order valence-corrected chi connectivity index (χ1v) is 8.56. The molecule has 3 aromatic rings. The fourth-order valence-corrected chi connectivity index (χ4v) is 3.24. The lowest BCUT2D eigenvalue weighted by Gasteiger charge is -2.32. The van der Waals surface area contributed by atoms with Crippen molar-refractivity contribution < 1.29 is 23.6 Å². The Kier molecular flexibility index (Phi) is 4.45. The van der Waals surface area contributed by atoms with Crippen molar-refractivity contribution in [3.63, 3.8) is 0 Å². The molecular formula is C19H17N3O5. The summed E-state index contributed by atoms with van der Waals surface area (Å²) < 4.78 is 10.4. The molecule has 1 aliphatic rings. The maximum absolute atomic E-state index is 12.6. The van der Waals surface area contributed by atoms with Gasteiger partial charge in [0.1, 0.15) is 0 Å². The van der Waals surface area contributed by atoms with Gasteiger partial charge in [0, 0.05) is 25.9 Å². The predicted molar refractivity (Wildman–Crippen MR) is 92.6 cm³/mol. The molecule has 27 heavy (non-hydrogen) atoms. The zero-order valence-corrected chi connectivity index (χ0v) is 14.4. The zero-order chi connectivity index (χ0) is 18.8. The van der Waals surface area contributed by atoms with E-state index in [1.165, 1.54) is 6.26 Å². The number of fused-ring (bicyclic) bond motifs is 1. The van der Waals surface area contributed by atoms with Gasteiger partial charge in [0.05, 0.1) is 12.2 Å². The van der Waals surface area contributed by atoms with Gasteiger partial charge in [0.2, 0.25) is 17.6 Å². The van der Waals surface area contributed by atoms with Crippen LogP contribution in [-0.4, -0.2) is 38.6 Å². The normalized spacial score (nSPS) is 16.1. The van der Waals surface area contributed by atoms with Crippen molar-refractivity contribution in [3.05, 3.63) is 59.7 Å². The Morgan fingerprint density at radius 3 is 2.85 bits per heavy atom. The number of hydrogen-bond acceptors (Lipinski definition) is 6. The Hall–Kier alpha value is -3.42. The van der Waals surface area contributed by atoms with Gasteiger partial charge in [-0.3, -0.25) is 9.59 Å². The molecule has 1 unspecified atom stereocenters. The van der Waals surface area contributed by atoms with Crippen LogP contribution in [0.4, 0.5) is 0 Å². The fourth-order valence-electron chi connectivity index (χ4n) is 3.24. The molecule has 0 fully saturated rings. The molecule has 0 saturated heterocycles. The third kappa shape index (κ3) is 3.46. The number of furan rings is 1. The van der Waals surface area contributed by atoms with Crippen LogP contribution in [0.5, 0.6) is 0 Å². The van der Waals surface area contributed by atoms with Crippen molar-refractivity contribution in [3.8, 4) is 11.6 Å². The topological polar surface area (TPSA) is 110 Å². The highest BCUT2D eigenvalue weighted by atomic mass is 16.5. The van der Waals surface area contributed by atoms with Crippen LogP contribution in [-0.2, 0) is 22.6 Å². The Balaban J connectivity index is 1.42. The Bertz CT molecular complexity index is 963. The highest BCUT2D eigenvalue weighted by Gasteiger charge is 2.32. The molecule has 1 aliphatic heterocycles. The number of aryl methyl sites for hydroxylation is 1. The first-order chi connectivity index (χ1) is 13.1. The second kappa shape index (κ2) is 7.06. The van der Waals surface area contributed by atoms with Crippen molar-refractivity contribution in [2.45, 2.75) is 25.3 Å². The molecule has 1 aromatic carbocycles. The number of aliphatic carboxylic acids is 1. The van der Waals surface area contributed by atoms with Crippen LogP contribution in [0.2, 0.25) is 0 Å². The molecule has 8 nitrogen and oxygen atoms in total. The first-order valence-electron chi connectivity index (χ1n) is 8.56. The molecule has 0 bridgehead atoms.